The standard InChI is InChI=1S/C31H48O2/c1-3-5-7-8-10-12-26-15-23-30(24-16-26)33-31(32)29-21-19-28(20-22-29)27-17-13-25(14-18-27)11-9-6-4-2/h17,19-22,25-26,30H,3-16,18,23-24H2,1-2H3/t25?,26-,30-. The second-order valence-corrected chi connectivity index (χ2v) is 10.7. The number of carbonyl (C=O) groups excluding carboxylic acids is 1. The van der Waals surface area contributed by atoms with Crippen LogP contribution >= 0.6 is 0 Å². The number of hydrogen-bond donors (Lipinski definition) is 0. The molecule has 1 aromatic rings. The highest BCUT2D eigenvalue weighted by atomic mass is 16.5. The van der Waals surface area contributed by atoms with E-state index in [0.29, 0.717) is 5.56 Å². The summed E-state index contributed by atoms with van der Waals surface area (Å²) in [5.41, 5.74) is 3.43. The minimum absolute atomic E-state index is 0.110. The summed E-state index contributed by atoms with van der Waals surface area (Å²) in [4.78, 5) is 12.7. The predicted molar refractivity (Wildman–Crippen MR) is 140 cm³/mol. The molecule has 0 aromatic heterocycles. The maximum Gasteiger partial charge on any atom is 0.338 e. The van der Waals surface area contributed by atoms with Gasteiger partial charge in [0.1, 0.15) is 6.10 Å². The maximum absolute atomic E-state index is 12.7. The van der Waals surface area contributed by atoms with E-state index in [4.69, 9.17) is 4.74 Å². The molecule has 0 N–H and O–H groups in total. The first-order chi connectivity index (χ1) is 16.2. The fraction of sp³-hybridized carbons (Fsp3) is 0.710. The van der Waals surface area contributed by atoms with Crippen LogP contribution in [0.1, 0.15) is 139 Å². The third-order valence-electron chi connectivity index (χ3n) is 8.01. The first-order valence-corrected chi connectivity index (χ1v) is 14.2. The van der Waals surface area contributed by atoms with Gasteiger partial charge in [-0.2, -0.15) is 0 Å². The molecule has 1 unspecified atom stereocenters. The van der Waals surface area contributed by atoms with Gasteiger partial charge in [0.15, 0.2) is 0 Å². The number of rotatable bonds is 13. The monoisotopic (exact) mass is 452 g/mol. The van der Waals surface area contributed by atoms with Crippen molar-refractivity contribution in [3.8, 4) is 0 Å². The number of carbonyl (C=O) groups is 1. The van der Waals surface area contributed by atoms with E-state index in [-0.39, 0.29) is 12.1 Å². The van der Waals surface area contributed by atoms with Gasteiger partial charge in [0, 0.05) is 0 Å². The third kappa shape index (κ3) is 8.95. The summed E-state index contributed by atoms with van der Waals surface area (Å²) in [7, 11) is 0. The quantitative estimate of drug-likeness (QED) is 0.220. The molecule has 1 saturated carbocycles. The minimum atomic E-state index is -0.141. The lowest BCUT2D eigenvalue weighted by molar-refractivity contribution is 0.0161. The van der Waals surface area contributed by atoms with Crippen LogP contribution in [-0.2, 0) is 4.74 Å². The fourth-order valence-electron chi connectivity index (χ4n) is 5.71. The minimum Gasteiger partial charge on any atom is -0.459 e. The average Bonchev–Trinajstić information content (AvgIpc) is 2.85. The molecule has 33 heavy (non-hydrogen) atoms. The Balaban J connectivity index is 1.38. The first-order valence-electron chi connectivity index (χ1n) is 14.2. The molecule has 0 aliphatic heterocycles. The SMILES string of the molecule is CCCCCCC[C@H]1CC[C@H](OC(=O)c2ccc(C3=CCC(CCCCC)CC3)cc2)CC1. The van der Waals surface area contributed by atoms with Gasteiger partial charge in [-0.3, -0.25) is 0 Å². The Labute approximate surface area is 203 Å². The van der Waals surface area contributed by atoms with Crippen molar-refractivity contribution in [2.75, 3.05) is 0 Å². The second kappa shape index (κ2) is 14.6. The van der Waals surface area contributed by atoms with Crippen LogP contribution in [0.3, 0.4) is 0 Å². The Bertz CT molecular complexity index is 709. The Hall–Kier alpha value is -1.57. The van der Waals surface area contributed by atoms with Gasteiger partial charge >= 0.3 is 5.97 Å². The molecular formula is C31H48O2. The summed E-state index contributed by atoms with van der Waals surface area (Å²) in [6, 6.07) is 8.17. The molecule has 2 aliphatic carbocycles. The normalized spacial score (nSPS) is 23.2. The van der Waals surface area contributed by atoms with Gasteiger partial charge in [0.25, 0.3) is 0 Å². The average molecular weight is 453 g/mol. The number of ether oxygens (including phenoxy) is 1. The Morgan fingerprint density at radius 3 is 2.09 bits per heavy atom. The van der Waals surface area contributed by atoms with E-state index in [9.17, 15) is 4.79 Å². The molecule has 2 heteroatoms. The van der Waals surface area contributed by atoms with Crippen molar-refractivity contribution in [1.29, 1.82) is 0 Å². The zero-order chi connectivity index (χ0) is 23.3. The molecule has 184 valence electrons. The lowest BCUT2D eigenvalue weighted by Gasteiger charge is -2.28. The molecule has 1 atom stereocenters. The number of hydrogen-bond acceptors (Lipinski definition) is 2. The lowest BCUT2D eigenvalue weighted by atomic mass is 9.83. The molecular weight excluding hydrogens is 404 g/mol. The van der Waals surface area contributed by atoms with Crippen molar-refractivity contribution >= 4 is 11.5 Å². The van der Waals surface area contributed by atoms with Crippen LogP contribution in [-0.4, -0.2) is 12.1 Å². The summed E-state index contributed by atoms with van der Waals surface area (Å²) >= 11 is 0. The van der Waals surface area contributed by atoms with Gasteiger partial charge in [-0.1, -0.05) is 96.3 Å². The molecule has 0 bridgehead atoms. The van der Waals surface area contributed by atoms with Crippen LogP contribution in [0, 0.1) is 11.8 Å². The number of allylic oxidation sites excluding steroid dienone is 2. The third-order valence-corrected chi connectivity index (χ3v) is 8.01. The van der Waals surface area contributed by atoms with Crippen LogP contribution in [0.4, 0.5) is 0 Å². The molecule has 2 aliphatic rings. The van der Waals surface area contributed by atoms with Gasteiger partial charge in [-0.25, -0.2) is 4.79 Å². The van der Waals surface area contributed by atoms with Crippen molar-refractivity contribution in [3.63, 3.8) is 0 Å². The molecule has 0 saturated heterocycles. The van der Waals surface area contributed by atoms with Crippen LogP contribution in [0.5, 0.6) is 0 Å². The van der Waals surface area contributed by atoms with E-state index in [1.54, 1.807) is 0 Å². The first kappa shape index (κ1) is 26.0. The zero-order valence-corrected chi connectivity index (χ0v) is 21.5. The molecule has 0 amide bonds. The van der Waals surface area contributed by atoms with Crippen LogP contribution in [0.15, 0.2) is 30.3 Å². The topological polar surface area (TPSA) is 26.3 Å². The summed E-state index contributed by atoms with van der Waals surface area (Å²) in [6.07, 6.45) is 24.4. The molecule has 2 nitrogen and oxygen atoms in total. The molecule has 0 spiro atoms. The summed E-state index contributed by atoms with van der Waals surface area (Å²) in [5.74, 6) is 1.57. The van der Waals surface area contributed by atoms with E-state index >= 15 is 0 Å². The predicted octanol–water partition coefficient (Wildman–Crippen LogP) is 9.53. The Kier molecular flexibility index (Phi) is 11.6. The molecule has 1 fully saturated rings. The highest BCUT2D eigenvalue weighted by molar-refractivity contribution is 5.90. The van der Waals surface area contributed by atoms with E-state index in [1.807, 2.05) is 12.1 Å². The largest absolute Gasteiger partial charge is 0.459 e. The number of unbranched alkanes of at least 4 members (excludes halogenated alkanes) is 6. The maximum atomic E-state index is 12.7. The summed E-state index contributed by atoms with van der Waals surface area (Å²) in [6.45, 7) is 4.55. The Morgan fingerprint density at radius 2 is 1.42 bits per heavy atom. The van der Waals surface area contributed by atoms with Gasteiger partial charge < -0.3 is 4.74 Å². The molecule has 0 radical (unpaired) electrons. The summed E-state index contributed by atoms with van der Waals surface area (Å²) in [5, 5.41) is 0. The molecule has 1 aromatic carbocycles. The van der Waals surface area contributed by atoms with Crippen molar-refractivity contribution in [2.24, 2.45) is 11.8 Å². The fourth-order valence-corrected chi connectivity index (χ4v) is 5.71. The highest BCUT2D eigenvalue weighted by Gasteiger charge is 2.24. The number of benzene rings is 1. The zero-order valence-electron chi connectivity index (χ0n) is 21.5. The number of esters is 1. The van der Waals surface area contributed by atoms with Gasteiger partial charge in [0.05, 0.1) is 5.56 Å². The van der Waals surface area contributed by atoms with Gasteiger partial charge in [-0.05, 0) is 80.1 Å². The van der Waals surface area contributed by atoms with Crippen LogP contribution in [0.2, 0.25) is 0 Å². The van der Waals surface area contributed by atoms with Crippen LogP contribution < -0.4 is 0 Å². The highest BCUT2D eigenvalue weighted by Crippen LogP contribution is 2.33. The van der Waals surface area contributed by atoms with E-state index in [1.165, 1.54) is 107 Å². The van der Waals surface area contributed by atoms with E-state index in [0.717, 1.165) is 24.7 Å². The van der Waals surface area contributed by atoms with E-state index < -0.39 is 0 Å². The van der Waals surface area contributed by atoms with Gasteiger partial charge in [0.2, 0.25) is 0 Å². The molecule has 3 rings (SSSR count). The Morgan fingerprint density at radius 1 is 0.788 bits per heavy atom. The van der Waals surface area contributed by atoms with Crippen LogP contribution in [0.25, 0.3) is 5.57 Å². The van der Waals surface area contributed by atoms with E-state index in [2.05, 4.69) is 32.1 Å². The second-order valence-electron chi connectivity index (χ2n) is 10.7. The van der Waals surface area contributed by atoms with Crippen molar-refractivity contribution in [3.05, 3.63) is 41.5 Å². The van der Waals surface area contributed by atoms with Crippen molar-refractivity contribution < 1.29 is 9.53 Å². The van der Waals surface area contributed by atoms with Crippen molar-refractivity contribution in [2.45, 2.75) is 129 Å². The lowest BCUT2D eigenvalue weighted by Crippen LogP contribution is -2.24. The molecule has 0 heterocycles. The van der Waals surface area contributed by atoms with Crippen molar-refractivity contribution in [1.82, 2.24) is 0 Å². The smallest absolute Gasteiger partial charge is 0.338 e. The van der Waals surface area contributed by atoms with Gasteiger partial charge in [-0.15, -0.1) is 0 Å². The summed E-state index contributed by atoms with van der Waals surface area (Å²) < 4.78 is 5.88.